The molecule has 0 aliphatic carbocycles. The number of anilines is 1. The first-order valence-electron chi connectivity index (χ1n) is 7.21. The van der Waals surface area contributed by atoms with Crippen LogP contribution in [-0.4, -0.2) is 40.8 Å². The quantitative estimate of drug-likeness (QED) is 0.644. The molecule has 1 aromatic carbocycles. The maximum Gasteiger partial charge on any atom is 0.460 e. The average molecular weight is 440 g/mol. The molecular weight excluding hydrogens is 433 g/mol. The summed E-state index contributed by atoms with van der Waals surface area (Å²) >= 11 is 0. The number of aromatic nitrogens is 1. The zero-order chi connectivity index (χ0) is 22.5. The summed E-state index contributed by atoms with van der Waals surface area (Å²) in [6.07, 6.45) is -6.65. The third kappa shape index (κ3) is 3.44. The molecule has 2 rings (SSSR count). The van der Waals surface area contributed by atoms with Gasteiger partial charge < -0.3 is 5.32 Å². The molecule has 0 radical (unpaired) electrons. The zero-order valence-corrected chi connectivity index (χ0v) is 13.5. The lowest BCUT2D eigenvalue weighted by atomic mass is 9.97. The van der Waals surface area contributed by atoms with Crippen LogP contribution in [0.4, 0.5) is 54.0 Å². The second kappa shape index (κ2) is 6.69. The highest BCUT2D eigenvalue weighted by molar-refractivity contribution is 5.98. The molecule has 0 saturated heterocycles. The van der Waals surface area contributed by atoms with Gasteiger partial charge in [0.05, 0.1) is 17.4 Å². The van der Waals surface area contributed by atoms with Gasteiger partial charge in [-0.25, -0.2) is 0 Å². The molecule has 1 amide bonds. The van der Waals surface area contributed by atoms with Crippen LogP contribution in [0, 0.1) is 0 Å². The summed E-state index contributed by atoms with van der Waals surface area (Å²) in [4.78, 5) is 15.0. The summed E-state index contributed by atoms with van der Waals surface area (Å²) in [6.45, 7) is 0. The molecule has 0 aliphatic heterocycles. The van der Waals surface area contributed by atoms with Crippen LogP contribution < -0.4 is 5.32 Å². The molecule has 1 aromatic heterocycles. The van der Waals surface area contributed by atoms with Crippen molar-refractivity contribution >= 4 is 22.5 Å². The highest BCUT2D eigenvalue weighted by atomic mass is 19.4. The van der Waals surface area contributed by atoms with Crippen molar-refractivity contribution in [3.63, 3.8) is 0 Å². The molecule has 1 N–H and O–H groups in total. The number of alkyl halides is 11. The predicted molar refractivity (Wildman–Crippen MR) is 76.2 cm³/mol. The highest BCUT2D eigenvalue weighted by Crippen LogP contribution is 2.57. The van der Waals surface area contributed by atoms with Gasteiger partial charge in [-0.15, -0.1) is 0 Å². The molecule has 29 heavy (non-hydrogen) atoms. The van der Waals surface area contributed by atoms with E-state index in [0.717, 1.165) is 11.4 Å². The molecule has 0 fully saturated rings. The van der Waals surface area contributed by atoms with Gasteiger partial charge >= 0.3 is 35.8 Å². The van der Waals surface area contributed by atoms with Crippen molar-refractivity contribution in [2.45, 2.75) is 29.9 Å². The van der Waals surface area contributed by atoms with E-state index in [0.29, 0.717) is 6.20 Å². The Morgan fingerprint density at radius 3 is 1.90 bits per heavy atom. The Hall–Kier alpha value is -2.67. The van der Waals surface area contributed by atoms with Crippen LogP contribution in [-0.2, 0) is 4.79 Å². The van der Waals surface area contributed by atoms with Gasteiger partial charge in [0, 0.05) is 5.39 Å². The number of pyridine rings is 1. The van der Waals surface area contributed by atoms with E-state index in [1.165, 1.54) is 24.3 Å². The first kappa shape index (κ1) is 22.6. The minimum atomic E-state index is -7.65. The average Bonchev–Trinajstić information content (AvgIpc) is 2.60. The fourth-order valence-corrected chi connectivity index (χ4v) is 2.06. The number of benzene rings is 1. The summed E-state index contributed by atoms with van der Waals surface area (Å²) in [6, 6.07) is 6.59. The molecule has 0 bridgehead atoms. The van der Waals surface area contributed by atoms with Crippen molar-refractivity contribution in [2.24, 2.45) is 0 Å². The molecule has 1 heterocycles. The topological polar surface area (TPSA) is 42.0 Å². The van der Waals surface area contributed by atoms with Crippen molar-refractivity contribution in [1.82, 2.24) is 4.98 Å². The maximum atomic E-state index is 13.6. The third-order valence-electron chi connectivity index (χ3n) is 3.67. The largest absolute Gasteiger partial charge is 0.460 e. The minimum Gasteiger partial charge on any atom is -0.319 e. The van der Waals surface area contributed by atoms with E-state index < -0.39 is 41.5 Å². The van der Waals surface area contributed by atoms with Crippen molar-refractivity contribution in [3.8, 4) is 0 Å². The van der Waals surface area contributed by atoms with Crippen LogP contribution in [0.5, 0.6) is 0 Å². The Morgan fingerprint density at radius 2 is 1.34 bits per heavy atom. The standard InChI is InChI=1S/C15H7F11N2O/c16-11(17,12(18,19)13(20,21)14(22,23)15(24,25)26)10(29)28-8-5-7-3-1-2-4-9(7)27-6-8/h1-6H,(H,28,29). The van der Waals surface area contributed by atoms with E-state index in [1.54, 1.807) is 0 Å². The molecule has 3 nitrogen and oxygen atoms in total. The summed E-state index contributed by atoms with van der Waals surface area (Å²) in [5.41, 5.74) is -0.478. The van der Waals surface area contributed by atoms with Crippen molar-refractivity contribution in [2.75, 3.05) is 5.32 Å². The zero-order valence-electron chi connectivity index (χ0n) is 13.5. The first-order valence-corrected chi connectivity index (χ1v) is 7.21. The number of nitrogens with one attached hydrogen (secondary N) is 1. The van der Waals surface area contributed by atoms with Crippen LogP contribution in [0.1, 0.15) is 0 Å². The molecule has 160 valence electrons. The highest BCUT2D eigenvalue weighted by Gasteiger charge is 2.88. The Labute approximate surface area is 153 Å². The number of hydrogen-bond donors (Lipinski definition) is 1. The normalized spacial score (nSPS) is 14.2. The number of nitrogens with zero attached hydrogens (tertiary/aromatic N) is 1. The van der Waals surface area contributed by atoms with Crippen LogP contribution in [0.3, 0.4) is 0 Å². The minimum absolute atomic E-state index is 0.175. The Kier molecular flexibility index (Phi) is 5.22. The summed E-state index contributed by atoms with van der Waals surface area (Å²) < 4.78 is 142. The number of amides is 1. The number of rotatable bonds is 5. The van der Waals surface area contributed by atoms with Crippen LogP contribution >= 0.6 is 0 Å². The predicted octanol–water partition coefficient (Wildman–Crippen LogP) is 5.28. The smallest absolute Gasteiger partial charge is 0.319 e. The number of carbonyl (C=O) groups excluding carboxylic acids is 1. The SMILES string of the molecule is O=C(Nc1cnc2ccccc2c1)C(F)(F)C(F)(F)C(F)(F)C(F)(F)C(F)(F)F. The maximum absolute atomic E-state index is 13.6. The van der Waals surface area contributed by atoms with Crippen LogP contribution in [0.15, 0.2) is 36.5 Å². The van der Waals surface area contributed by atoms with E-state index in [1.807, 2.05) is 0 Å². The second-order valence-corrected chi connectivity index (χ2v) is 5.67. The van der Waals surface area contributed by atoms with Gasteiger partial charge in [-0.1, -0.05) is 18.2 Å². The fourth-order valence-electron chi connectivity index (χ4n) is 2.06. The third-order valence-corrected chi connectivity index (χ3v) is 3.67. The van der Waals surface area contributed by atoms with Crippen molar-refractivity contribution in [1.29, 1.82) is 0 Å². The van der Waals surface area contributed by atoms with Crippen molar-refractivity contribution < 1.29 is 53.1 Å². The van der Waals surface area contributed by atoms with Gasteiger partial charge in [-0.05, 0) is 12.1 Å². The number of fused-ring (bicyclic) bond motifs is 1. The van der Waals surface area contributed by atoms with E-state index in [9.17, 15) is 53.1 Å². The number of carbonyl (C=O) groups is 1. The fraction of sp³-hybridized carbons (Fsp3) is 0.333. The van der Waals surface area contributed by atoms with Crippen molar-refractivity contribution in [3.05, 3.63) is 36.5 Å². The van der Waals surface area contributed by atoms with E-state index in [4.69, 9.17) is 0 Å². The second-order valence-electron chi connectivity index (χ2n) is 5.67. The molecule has 0 spiro atoms. The summed E-state index contributed by atoms with van der Waals surface area (Å²) in [5.74, 6) is -32.5. The molecule has 0 aliphatic rings. The number of hydrogen-bond acceptors (Lipinski definition) is 2. The molecule has 0 saturated carbocycles. The monoisotopic (exact) mass is 440 g/mol. The van der Waals surface area contributed by atoms with E-state index >= 15 is 0 Å². The lowest BCUT2D eigenvalue weighted by Crippen LogP contribution is -2.68. The summed E-state index contributed by atoms with van der Waals surface area (Å²) in [5, 5.41) is 1.23. The van der Waals surface area contributed by atoms with E-state index in [-0.39, 0.29) is 10.9 Å². The van der Waals surface area contributed by atoms with Crippen LogP contribution in [0.2, 0.25) is 0 Å². The van der Waals surface area contributed by atoms with Crippen LogP contribution in [0.25, 0.3) is 10.9 Å². The first-order chi connectivity index (χ1) is 13.0. The molecule has 0 unspecified atom stereocenters. The lowest BCUT2D eigenvalue weighted by molar-refractivity contribution is -0.416. The van der Waals surface area contributed by atoms with Gasteiger partial charge in [-0.3, -0.25) is 9.78 Å². The molecular formula is C15H7F11N2O. The number of halogens is 11. The molecule has 2 aromatic rings. The molecule has 14 heteroatoms. The Balaban J connectivity index is 2.38. The number of para-hydroxylation sites is 1. The van der Waals surface area contributed by atoms with E-state index in [2.05, 4.69) is 4.98 Å². The Bertz CT molecular complexity index is 924. The lowest BCUT2D eigenvalue weighted by Gasteiger charge is -2.36. The van der Waals surface area contributed by atoms with Gasteiger partial charge in [0.15, 0.2) is 0 Å². The van der Waals surface area contributed by atoms with Gasteiger partial charge in [-0.2, -0.15) is 48.3 Å². The Morgan fingerprint density at radius 1 is 0.793 bits per heavy atom. The molecule has 0 atom stereocenters. The van der Waals surface area contributed by atoms with Gasteiger partial charge in [0.2, 0.25) is 0 Å². The van der Waals surface area contributed by atoms with Gasteiger partial charge in [0.25, 0.3) is 0 Å². The summed E-state index contributed by atoms with van der Waals surface area (Å²) in [7, 11) is 0. The van der Waals surface area contributed by atoms with Gasteiger partial charge in [0.1, 0.15) is 0 Å².